The molecule has 0 bridgehead atoms. The number of aryl methyl sites for hydroxylation is 1. The molecule has 120 valence electrons. The van der Waals surface area contributed by atoms with Crippen LogP contribution in [0.3, 0.4) is 0 Å². The fourth-order valence-electron chi connectivity index (χ4n) is 2.95. The van der Waals surface area contributed by atoms with Crippen molar-refractivity contribution >= 4 is 11.7 Å². The van der Waals surface area contributed by atoms with Crippen molar-refractivity contribution in [3.63, 3.8) is 0 Å². The lowest BCUT2D eigenvalue weighted by Crippen LogP contribution is -2.33. The quantitative estimate of drug-likeness (QED) is 0.910. The number of nitrogens with zero attached hydrogens (tertiary/aromatic N) is 1. The van der Waals surface area contributed by atoms with Crippen molar-refractivity contribution in [2.45, 2.75) is 38.3 Å². The highest BCUT2D eigenvalue weighted by atomic mass is 19.1. The largest absolute Gasteiger partial charge is 0.367 e. The minimum absolute atomic E-state index is 0.134. The molecule has 1 saturated carbocycles. The van der Waals surface area contributed by atoms with Crippen LogP contribution in [-0.4, -0.2) is 23.0 Å². The van der Waals surface area contributed by atoms with Crippen LogP contribution in [0.5, 0.6) is 0 Å². The first-order valence-electron chi connectivity index (χ1n) is 7.87. The molecule has 1 aromatic carbocycles. The minimum Gasteiger partial charge on any atom is -0.367 e. The van der Waals surface area contributed by atoms with Gasteiger partial charge in [-0.2, -0.15) is 0 Å². The molecule has 3 rings (SSSR count). The summed E-state index contributed by atoms with van der Waals surface area (Å²) < 4.78 is 12.9. The molecule has 0 saturated heterocycles. The molecule has 0 aliphatic heterocycles. The topological polar surface area (TPSA) is 54.0 Å². The Balaban J connectivity index is 1.53. The standard InChI is InChI=1S/C18H20FN3O/c1-12-3-2-4-17(20-12)21-15-9-10-16(11-15)22-18(23)13-5-7-14(19)8-6-13/h2-8,15-16H,9-11H2,1H3,(H,20,21)(H,22,23). The van der Waals surface area contributed by atoms with Gasteiger partial charge in [0, 0.05) is 23.3 Å². The van der Waals surface area contributed by atoms with Gasteiger partial charge in [-0.15, -0.1) is 0 Å². The van der Waals surface area contributed by atoms with Crippen molar-refractivity contribution in [3.8, 4) is 0 Å². The molecule has 4 nitrogen and oxygen atoms in total. The van der Waals surface area contributed by atoms with Gasteiger partial charge < -0.3 is 10.6 Å². The molecule has 1 aliphatic rings. The van der Waals surface area contributed by atoms with Crippen LogP contribution in [0.4, 0.5) is 10.2 Å². The fourth-order valence-corrected chi connectivity index (χ4v) is 2.95. The lowest BCUT2D eigenvalue weighted by Gasteiger charge is -2.15. The molecule has 23 heavy (non-hydrogen) atoms. The number of carbonyl (C=O) groups excluding carboxylic acids is 1. The van der Waals surface area contributed by atoms with Gasteiger partial charge in [0.2, 0.25) is 0 Å². The van der Waals surface area contributed by atoms with Crippen molar-refractivity contribution in [2.24, 2.45) is 0 Å². The monoisotopic (exact) mass is 313 g/mol. The second kappa shape index (κ2) is 6.77. The maximum Gasteiger partial charge on any atom is 0.251 e. The van der Waals surface area contributed by atoms with Crippen LogP contribution in [0.2, 0.25) is 0 Å². The minimum atomic E-state index is -0.336. The van der Waals surface area contributed by atoms with Gasteiger partial charge >= 0.3 is 0 Å². The first kappa shape index (κ1) is 15.5. The molecule has 1 fully saturated rings. The smallest absolute Gasteiger partial charge is 0.251 e. The van der Waals surface area contributed by atoms with E-state index in [0.29, 0.717) is 11.6 Å². The van der Waals surface area contributed by atoms with Gasteiger partial charge in [0.1, 0.15) is 11.6 Å². The number of halogens is 1. The second-order valence-electron chi connectivity index (χ2n) is 6.00. The van der Waals surface area contributed by atoms with E-state index in [1.54, 1.807) is 0 Å². The number of benzene rings is 1. The Labute approximate surface area is 135 Å². The Morgan fingerprint density at radius 1 is 1.13 bits per heavy atom. The predicted molar refractivity (Wildman–Crippen MR) is 87.9 cm³/mol. The Kier molecular flexibility index (Phi) is 4.55. The number of amides is 1. The average Bonchev–Trinajstić information content (AvgIpc) is 2.95. The molecule has 0 spiro atoms. The van der Waals surface area contributed by atoms with Gasteiger partial charge in [-0.3, -0.25) is 4.79 Å². The molecule has 1 aromatic heterocycles. The zero-order chi connectivity index (χ0) is 16.2. The van der Waals surface area contributed by atoms with Gasteiger partial charge in [-0.25, -0.2) is 9.37 Å². The summed E-state index contributed by atoms with van der Waals surface area (Å²) in [5.41, 5.74) is 1.47. The van der Waals surface area contributed by atoms with E-state index < -0.39 is 0 Å². The highest BCUT2D eigenvalue weighted by molar-refractivity contribution is 5.94. The average molecular weight is 313 g/mol. The summed E-state index contributed by atoms with van der Waals surface area (Å²) >= 11 is 0. The highest BCUT2D eigenvalue weighted by Gasteiger charge is 2.26. The van der Waals surface area contributed by atoms with Crippen molar-refractivity contribution in [1.82, 2.24) is 10.3 Å². The number of carbonyl (C=O) groups is 1. The van der Waals surface area contributed by atoms with Gasteiger partial charge in [0.25, 0.3) is 5.91 Å². The summed E-state index contributed by atoms with van der Waals surface area (Å²) in [5.74, 6) is 0.391. The summed E-state index contributed by atoms with van der Waals surface area (Å²) in [6, 6.07) is 12.0. The predicted octanol–water partition coefficient (Wildman–Crippen LogP) is 3.29. The Bertz CT molecular complexity index is 687. The van der Waals surface area contributed by atoms with Crippen molar-refractivity contribution in [2.75, 3.05) is 5.32 Å². The maximum absolute atomic E-state index is 12.9. The zero-order valence-corrected chi connectivity index (χ0v) is 13.1. The number of rotatable bonds is 4. The Morgan fingerprint density at radius 2 is 1.87 bits per heavy atom. The second-order valence-corrected chi connectivity index (χ2v) is 6.00. The third-order valence-electron chi connectivity index (χ3n) is 4.11. The SMILES string of the molecule is Cc1cccc(NC2CCC(NC(=O)c3ccc(F)cc3)C2)n1. The van der Waals surface area contributed by atoms with Crippen LogP contribution in [0.15, 0.2) is 42.5 Å². The van der Waals surface area contributed by atoms with E-state index in [9.17, 15) is 9.18 Å². The third-order valence-corrected chi connectivity index (χ3v) is 4.11. The number of anilines is 1. The molecule has 2 N–H and O–H groups in total. The van der Waals surface area contributed by atoms with Gasteiger partial charge in [-0.1, -0.05) is 6.07 Å². The zero-order valence-electron chi connectivity index (χ0n) is 13.1. The number of nitrogens with one attached hydrogen (secondary N) is 2. The van der Waals surface area contributed by atoms with E-state index in [-0.39, 0.29) is 17.8 Å². The van der Waals surface area contributed by atoms with Crippen LogP contribution < -0.4 is 10.6 Å². The maximum atomic E-state index is 12.9. The van der Waals surface area contributed by atoms with Crippen molar-refractivity contribution in [3.05, 3.63) is 59.5 Å². The molecule has 2 aromatic rings. The molecule has 1 aliphatic carbocycles. The molecule has 1 amide bonds. The number of pyridine rings is 1. The number of hydrogen-bond acceptors (Lipinski definition) is 3. The molecule has 0 radical (unpaired) electrons. The molecular weight excluding hydrogens is 293 g/mol. The van der Waals surface area contributed by atoms with Crippen LogP contribution in [-0.2, 0) is 0 Å². The van der Waals surface area contributed by atoms with E-state index in [1.165, 1.54) is 24.3 Å². The normalized spacial score (nSPS) is 20.3. The van der Waals surface area contributed by atoms with E-state index >= 15 is 0 Å². The van der Waals surface area contributed by atoms with E-state index in [2.05, 4.69) is 15.6 Å². The van der Waals surface area contributed by atoms with Gasteiger partial charge in [0.05, 0.1) is 0 Å². The Hall–Kier alpha value is -2.43. The first-order chi connectivity index (χ1) is 11.1. The summed E-state index contributed by atoms with van der Waals surface area (Å²) in [5, 5.41) is 6.44. The molecule has 5 heteroatoms. The van der Waals surface area contributed by atoms with Crippen molar-refractivity contribution < 1.29 is 9.18 Å². The fraction of sp³-hybridized carbons (Fsp3) is 0.333. The molecule has 2 unspecified atom stereocenters. The number of hydrogen-bond donors (Lipinski definition) is 2. The number of aromatic nitrogens is 1. The van der Waals surface area contributed by atoms with E-state index in [0.717, 1.165) is 30.8 Å². The summed E-state index contributed by atoms with van der Waals surface area (Å²) in [7, 11) is 0. The van der Waals surface area contributed by atoms with Gasteiger partial charge in [0.15, 0.2) is 0 Å². The van der Waals surface area contributed by atoms with Crippen LogP contribution in [0.25, 0.3) is 0 Å². The molecule has 2 atom stereocenters. The lowest BCUT2D eigenvalue weighted by molar-refractivity contribution is 0.0937. The van der Waals surface area contributed by atoms with Crippen molar-refractivity contribution in [1.29, 1.82) is 0 Å². The van der Waals surface area contributed by atoms with E-state index in [1.807, 2.05) is 25.1 Å². The summed E-state index contributed by atoms with van der Waals surface area (Å²) in [4.78, 5) is 16.6. The van der Waals surface area contributed by atoms with E-state index in [4.69, 9.17) is 0 Å². The Morgan fingerprint density at radius 3 is 2.61 bits per heavy atom. The lowest BCUT2D eigenvalue weighted by atomic mass is 10.1. The van der Waals surface area contributed by atoms with Crippen LogP contribution >= 0.6 is 0 Å². The molecular formula is C18H20FN3O. The summed E-state index contributed by atoms with van der Waals surface area (Å²) in [6.45, 7) is 1.96. The van der Waals surface area contributed by atoms with Crippen LogP contribution in [0.1, 0.15) is 35.3 Å². The third kappa shape index (κ3) is 4.06. The summed E-state index contributed by atoms with van der Waals surface area (Å²) in [6.07, 6.45) is 2.78. The highest BCUT2D eigenvalue weighted by Crippen LogP contribution is 2.23. The van der Waals surface area contributed by atoms with Gasteiger partial charge in [-0.05, 0) is 62.6 Å². The molecule has 1 heterocycles. The first-order valence-corrected chi connectivity index (χ1v) is 7.87. The van der Waals surface area contributed by atoms with Crippen LogP contribution in [0, 0.1) is 12.7 Å².